The van der Waals surface area contributed by atoms with Gasteiger partial charge in [0.1, 0.15) is 6.07 Å². The lowest BCUT2D eigenvalue weighted by molar-refractivity contribution is 1.20. The Hall–Kier alpha value is -1.69. The van der Waals surface area contributed by atoms with Crippen molar-refractivity contribution in [1.82, 2.24) is 0 Å². The summed E-state index contributed by atoms with van der Waals surface area (Å²) in [5.41, 5.74) is 2.07. The number of allylic oxidation sites excluding steroid dienone is 4. The molecule has 2 aliphatic rings. The summed E-state index contributed by atoms with van der Waals surface area (Å²) in [6, 6.07) is 1.96. The van der Waals surface area contributed by atoms with E-state index in [1.807, 2.05) is 24.3 Å². The fraction of sp³-hybridized carbons (Fsp3) is 0. The van der Waals surface area contributed by atoms with E-state index in [1.165, 1.54) is 0 Å². The second-order valence-electron chi connectivity index (χ2n) is 1.99. The van der Waals surface area contributed by atoms with E-state index in [0.717, 1.165) is 11.3 Å². The molecule has 2 rings (SSSR count). The third-order valence-corrected chi connectivity index (χ3v) is 1.41. The van der Waals surface area contributed by atoms with Crippen LogP contribution in [0.4, 0.5) is 0 Å². The van der Waals surface area contributed by atoms with Crippen LogP contribution in [0.2, 0.25) is 0 Å². The van der Waals surface area contributed by atoms with E-state index in [1.54, 1.807) is 0 Å². The first-order chi connectivity index (χ1) is 4.92. The normalized spacial score (nSPS) is 19.3. The summed E-state index contributed by atoms with van der Waals surface area (Å²) in [6.45, 7) is 0. The maximum absolute atomic E-state index is 8.49. The number of hydrogen-bond acceptors (Lipinski definition) is 3. The van der Waals surface area contributed by atoms with Gasteiger partial charge in [-0.3, -0.25) is 0 Å². The standard InChI is InChI=1S/C7H3N3/c8-4-7-5-2-1-3-6(5)9-10-7/h1-3H. The second kappa shape index (κ2) is 1.64. The van der Waals surface area contributed by atoms with Crippen LogP contribution in [0.3, 0.4) is 0 Å². The SMILES string of the molecule is N#CC1=C2C=CC=C2N=N1. The largest absolute Gasteiger partial charge is 0.191 e. The van der Waals surface area contributed by atoms with Gasteiger partial charge in [0.15, 0.2) is 5.70 Å². The van der Waals surface area contributed by atoms with Crippen molar-refractivity contribution < 1.29 is 0 Å². The van der Waals surface area contributed by atoms with Crippen molar-refractivity contribution >= 4 is 0 Å². The Bertz CT molecular complexity index is 336. The molecular weight excluding hydrogens is 126 g/mol. The maximum atomic E-state index is 8.49. The molecule has 3 nitrogen and oxygen atoms in total. The molecule has 0 aromatic rings. The van der Waals surface area contributed by atoms with Crippen molar-refractivity contribution in [3.63, 3.8) is 0 Å². The average molecular weight is 129 g/mol. The Morgan fingerprint density at radius 3 is 3.10 bits per heavy atom. The van der Waals surface area contributed by atoms with E-state index in [2.05, 4.69) is 10.2 Å². The summed E-state index contributed by atoms with van der Waals surface area (Å²) < 4.78 is 0. The van der Waals surface area contributed by atoms with Crippen LogP contribution in [-0.4, -0.2) is 0 Å². The van der Waals surface area contributed by atoms with Crippen LogP contribution in [0.5, 0.6) is 0 Å². The molecule has 1 heterocycles. The molecule has 0 spiro atoms. The van der Waals surface area contributed by atoms with E-state index in [-0.39, 0.29) is 0 Å². The first-order valence-electron chi connectivity index (χ1n) is 2.86. The molecule has 0 aromatic heterocycles. The molecule has 0 amide bonds. The average Bonchev–Trinajstić information content (AvgIpc) is 2.44. The van der Waals surface area contributed by atoms with E-state index >= 15 is 0 Å². The molecule has 0 saturated carbocycles. The van der Waals surface area contributed by atoms with Gasteiger partial charge >= 0.3 is 0 Å². The molecule has 46 valence electrons. The van der Waals surface area contributed by atoms with E-state index in [9.17, 15) is 0 Å². The van der Waals surface area contributed by atoms with Crippen LogP contribution in [0.1, 0.15) is 0 Å². The van der Waals surface area contributed by atoms with Crippen molar-refractivity contribution in [1.29, 1.82) is 5.26 Å². The van der Waals surface area contributed by atoms with Gasteiger partial charge in [0.05, 0.1) is 5.70 Å². The molecule has 0 radical (unpaired) electrons. The lowest BCUT2D eigenvalue weighted by atomic mass is 10.2. The van der Waals surface area contributed by atoms with Crippen LogP contribution in [-0.2, 0) is 0 Å². The molecule has 3 heteroatoms. The molecule has 0 fully saturated rings. The van der Waals surface area contributed by atoms with Gasteiger partial charge < -0.3 is 0 Å². The summed E-state index contributed by atoms with van der Waals surface area (Å²) in [5.74, 6) is 0. The fourth-order valence-corrected chi connectivity index (χ4v) is 0.938. The monoisotopic (exact) mass is 129 g/mol. The predicted octanol–water partition coefficient (Wildman–Crippen LogP) is 1.68. The maximum Gasteiger partial charge on any atom is 0.172 e. The van der Waals surface area contributed by atoms with Gasteiger partial charge in [0.2, 0.25) is 0 Å². The van der Waals surface area contributed by atoms with Crippen LogP contribution in [0.15, 0.2) is 45.4 Å². The van der Waals surface area contributed by atoms with Gasteiger partial charge in [-0.2, -0.15) is 5.26 Å². The van der Waals surface area contributed by atoms with Gasteiger partial charge in [-0.25, -0.2) is 0 Å². The highest BCUT2D eigenvalue weighted by molar-refractivity contribution is 5.55. The second-order valence-corrected chi connectivity index (χ2v) is 1.99. The van der Waals surface area contributed by atoms with Crippen molar-refractivity contribution in [3.05, 3.63) is 35.2 Å². The minimum Gasteiger partial charge on any atom is -0.191 e. The lowest BCUT2D eigenvalue weighted by Gasteiger charge is -1.83. The summed E-state index contributed by atoms with van der Waals surface area (Å²) >= 11 is 0. The molecule has 1 aliphatic heterocycles. The third kappa shape index (κ3) is 0.477. The topological polar surface area (TPSA) is 48.5 Å². The number of nitriles is 1. The third-order valence-electron chi connectivity index (χ3n) is 1.41. The first-order valence-corrected chi connectivity index (χ1v) is 2.86. The molecule has 0 saturated heterocycles. The molecule has 1 aliphatic carbocycles. The molecule has 0 N–H and O–H groups in total. The quantitative estimate of drug-likeness (QED) is 0.490. The number of azo groups is 1. The highest BCUT2D eigenvalue weighted by Crippen LogP contribution is 2.29. The zero-order chi connectivity index (χ0) is 6.97. The number of rotatable bonds is 0. The lowest BCUT2D eigenvalue weighted by Crippen LogP contribution is -1.74. The molecule has 0 atom stereocenters. The zero-order valence-corrected chi connectivity index (χ0v) is 5.07. The number of fused-ring (bicyclic) bond motifs is 1. The Balaban J connectivity index is 2.62. The van der Waals surface area contributed by atoms with Crippen molar-refractivity contribution in [2.24, 2.45) is 10.2 Å². The minimum absolute atomic E-state index is 0.417. The highest BCUT2D eigenvalue weighted by atomic mass is 15.1. The Labute approximate surface area is 57.7 Å². The summed E-state index contributed by atoms with van der Waals surface area (Å²) in [4.78, 5) is 0. The summed E-state index contributed by atoms with van der Waals surface area (Å²) in [5, 5.41) is 15.9. The molecule has 10 heavy (non-hydrogen) atoms. The Morgan fingerprint density at radius 2 is 2.30 bits per heavy atom. The van der Waals surface area contributed by atoms with Crippen molar-refractivity contribution in [2.45, 2.75) is 0 Å². The summed E-state index contributed by atoms with van der Waals surface area (Å²) in [6.07, 6.45) is 5.54. The van der Waals surface area contributed by atoms with Crippen LogP contribution < -0.4 is 0 Å². The van der Waals surface area contributed by atoms with Crippen LogP contribution in [0, 0.1) is 11.3 Å². The van der Waals surface area contributed by atoms with Crippen LogP contribution in [0.25, 0.3) is 0 Å². The zero-order valence-electron chi connectivity index (χ0n) is 5.07. The highest BCUT2D eigenvalue weighted by Gasteiger charge is 2.16. The number of hydrogen-bond donors (Lipinski definition) is 0. The van der Waals surface area contributed by atoms with Gasteiger partial charge in [-0.15, -0.1) is 10.2 Å². The van der Waals surface area contributed by atoms with Gasteiger partial charge in [-0.1, -0.05) is 6.08 Å². The molecule has 0 aromatic carbocycles. The Morgan fingerprint density at radius 1 is 1.40 bits per heavy atom. The van der Waals surface area contributed by atoms with Gasteiger partial charge in [0, 0.05) is 5.57 Å². The smallest absolute Gasteiger partial charge is 0.172 e. The van der Waals surface area contributed by atoms with E-state index in [0.29, 0.717) is 5.70 Å². The van der Waals surface area contributed by atoms with Gasteiger partial charge in [-0.05, 0) is 12.2 Å². The first kappa shape index (κ1) is 5.12. The fourth-order valence-electron chi connectivity index (χ4n) is 0.938. The molecule has 0 bridgehead atoms. The van der Waals surface area contributed by atoms with E-state index < -0.39 is 0 Å². The summed E-state index contributed by atoms with van der Waals surface area (Å²) in [7, 11) is 0. The Kier molecular flexibility index (Phi) is 0.842. The molecular formula is C7H3N3. The van der Waals surface area contributed by atoms with Gasteiger partial charge in [0.25, 0.3) is 0 Å². The predicted molar refractivity (Wildman–Crippen MR) is 34.7 cm³/mol. The van der Waals surface area contributed by atoms with Crippen molar-refractivity contribution in [2.75, 3.05) is 0 Å². The number of nitrogens with zero attached hydrogens (tertiary/aromatic N) is 3. The van der Waals surface area contributed by atoms with Crippen LogP contribution >= 0.6 is 0 Å². The van der Waals surface area contributed by atoms with E-state index in [4.69, 9.17) is 5.26 Å². The minimum atomic E-state index is 0.417. The molecule has 0 unspecified atom stereocenters. The van der Waals surface area contributed by atoms with Crippen molar-refractivity contribution in [3.8, 4) is 6.07 Å².